The molecule has 1 aliphatic rings. The van der Waals surface area contributed by atoms with E-state index in [-0.39, 0.29) is 22.2 Å². The second-order valence-corrected chi connectivity index (χ2v) is 13.3. The first-order chi connectivity index (χ1) is 22.0. The van der Waals surface area contributed by atoms with Crippen LogP contribution in [0.5, 0.6) is 0 Å². The maximum absolute atomic E-state index is 13.9. The molecule has 46 heavy (non-hydrogen) atoms. The van der Waals surface area contributed by atoms with Crippen molar-refractivity contribution in [3.05, 3.63) is 99.7 Å². The van der Waals surface area contributed by atoms with Gasteiger partial charge in [0.05, 0.1) is 45.1 Å². The number of nitrogen functional groups attached to an aromatic ring is 1. The van der Waals surface area contributed by atoms with E-state index in [9.17, 15) is 9.65 Å². The molecule has 0 saturated carbocycles. The van der Waals surface area contributed by atoms with Gasteiger partial charge in [-0.2, -0.15) is 5.26 Å². The number of pyridine rings is 1. The van der Waals surface area contributed by atoms with Gasteiger partial charge in [0, 0.05) is 47.3 Å². The summed E-state index contributed by atoms with van der Waals surface area (Å²) in [6, 6.07) is 17.6. The van der Waals surface area contributed by atoms with Crippen molar-refractivity contribution in [3.63, 3.8) is 0 Å². The highest BCUT2D eigenvalue weighted by Crippen LogP contribution is 2.37. The van der Waals surface area contributed by atoms with Crippen LogP contribution >= 0.6 is 23.2 Å². The van der Waals surface area contributed by atoms with Gasteiger partial charge in [-0.3, -0.25) is 9.88 Å². The van der Waals surface area contributed by atoms with Gasteiger partial charge in [-0.25, -0.2) is 9.07 Å². The number of nitriles is 1. The quantitative estimate of drug-likeness (QED) is 0.150. The van der Waals surface area contributed by atoms with Crippen LogP contribution in [0.4, 0.5) is 27.1 Å². The molecular formula is C34H34Cl2FN9. The number of benzene rings is 3. The molecule has 0 amide bonds. The van der Waals surface area contributed by atoms with E-state index in [1.54, 1.807) is 12.1 Å². The fourth-order valence-electron chi connectivity index (χ4n) is 5.92. The van der Waals surface area contributed by atoms with Crippen molar-refractivity contribution in [2.45, 2.75) is 51.2 Å². The Morgan fingerprint density at radius 2 is 1.80 bits per heavy atom. The molecule has 3 heterocycles. The maximum Gasteiger partial charge on any atom is 0.141 e. The number of nitrogens with zero attached hydrogens (tertiary/aromatic N) is 6. The zero-order chi connectivity index (χ0) is 32.6. The summed E-state index contributed by atoms with van der Waals surface area (Å²) in [6.45, 7) is 8.73. The van der Waals surface area contributed by atoms with Gasteiger partial charge in [0.25, 0.3) is 0 Å². The Kier molecular flexibility index (Phi) is 8.75. The predicted molar refractivity (Wildman–Crippen MR) is 182 cm³/mol. The molecule has 4 N–H and O–H groups in total. The Morgan fingerprint density at radius 1 is 1.04 bits per heavy atom. The third-order valence-corrected chi connectivity index (χ3v) is 8.98. The van der Waals surface area contributed by atoms with Crippen molar-refractivity contribution in [1.29, 1.82) is 5.26 Å². The molecule has 12 heteroatoms. The van der Waals surface area contributed by atoms with Crippen molar-refractivity contribution in [2.75, 3.05) is 29.5 Å². The van der Waals surface area contributed by atoms with Crippen LogP contribution in [0.3, 0.4) is 0 Å². The van der Waals surface area contributed by atoms with Gasteiger partial charge >= 0.3 is 0 Å². The van der Waals surface area contributed by atoms with E-state index in [1.807, 2.05) is 41.2 Å². The molecule has 1 aliphatic heterocycles. The normalized spacial score (nSPS) is 15.1. The highest BCUT2D eigenvalue weighted by Gasteiger charge is 2.29. The number of halogens is 3. The number of aromatic nitrogens is 4. The van der Waals surface area contributed by atoms with Crippen molar-refractivity contribution in [2.24, 2.45) is 0 Å². The van der Waals surface area contributed by atoms with Gasteiger partial charge in [0.2, 0.25) is 0 Å². The fourth-order valence-corrected chi connectivity index (χ4v) is 6.36. The Labute approximate surface area is 277 Å². The van der Waals surface area contributed by atoms with E-state index in [0.29, 0.717) is 38.7 Å². The second-order valence-electron chi connectivity index (χ2n) is 12.5. The second kappa shape index (κ2) is 12.8. The van der Waals surface area contributed by atoms with Crippen LogP contribution in [0.25, 0.3) is 10.9 Å². The SMILES string of the molecule is CC(C)(C)N1CCC(n2cc(C(Nc3cc(Cl)c4ncc(C#N)c(Nc5ccc(F)c(Cl)c5)c4c3)c3cccc(N)c3)nn2)CC1. The number of likely N-dealkylation sites (tertiary alicyclic amines) is 1. The van der Waals surface area contributed by atoms with Crippen LogP contribution in [0.1, 0.15) is 62.5 Å². The molecule has 6 rings (SSSR count). The lowest BCUT2D eigenvalue weighted by Gasteiger charge is -2.40. The molecule has 5 aromatic rings. The minimum absolute atomic E-state index is 0.0416. The molecule has 3 aromatic carbocycles. The standard InChI is InChI=1S/C34H34Cl2FN9/c1-34(2,3)45-11-9-25(10-12-45)46-19-30(43-44-46)32(20-5-4-6-22(39)13-20)42-24-14-26-31(41-23-7-8-29(37)27(35)15-23)21(17-38)18-40-33(26)28(36)16-24/h4-8,13-16,18-19,25,32,42H,9-12,39H2,1-3H3,(H,40,41). The number of hydrogen-bond acceptors (Lipinski definition) is 8. The fraction of sp³-hybridized carbons (Fsp3) is 0.294. The van der Waals surface area contributed by atoms with Crippen LogP contribution in [0.2, 0.25) is 10.0 Å². The summed E-state index contributed by atoms with van der Waals surface area (Å²) in [4.78, 5) is 6.96. The van der Waals surface area contributed by atoms with Crippen molar-refractivity contribution < 1.29 is 4.39 Å². The first-order valence-electron chi connectivity index (χ1n) is 15.0. The van der Waals surface area contributed by atoms with Crippen LogP contribution in [0.15, 0.2) is 67.0 Å². The summed E-state index contributed by atoms with van der Waals surface area (Å²) in [5.41, 5.74) is 11.0. The number of nitrogens with one attached hydrogen (secondary N) is 2. The molecule has 0 bridgehead atoms. The largest absolute Gasteiger partial charge is 0.399 e. The van der Waals surface area contributed by atoms with Crippen LogP contribution in [-0.4, -0.2) is 43.5 Å². The Morgan fingerprint density at radius 3 is 2.50 bits per heavy atom. The molecule has 1 fully saturated rings. The molecule has 0 spiro atoms. The van der Waals surface area contributed by atoms with Crippen LogP contribution < -0.4 is 16.4 Å². The van der Waals surface area contributed by atoms with Gasteiger partial charge < -0.3 is 16.4 Å². The highest BCUT2D eigenvalue weighted by molar-refractivity contribution is 6.36. The van der Waals surface area contributed by atoms with Gasteiger partial charge in [0.1, 0.15) is 17.6 Å². The average molecular weight is 659 g/mol. The molecule has 236 valence electrons. The average Bonchev–Trinajstić information content (AvgIpc) is 3.52. The molecule has 0 radical (unpaired) electrons. The van der Waals surface area contributed by atoms with E-state index in [4.69, 9.17) is 28.9 Å². The van der Waals surface area contributed by atoms with E-state index in [1.165, 1.54) is 18.3 Å². The Balaban J connectivity index is 1.36. The number of piperidine rings is 1. The van der Waals surface area contributed by atoms with Crippen LogP contribution in [-0.2, 0) is 0 Å². The zero-order valence-corrected chi connectivity index (χ0v) is 27.2. The summed E-state index contributed by atoms with van der Waals surface area (Å²) >= 11 is 12.8. The van der Waals surface area contributed by atoms with Crippen molar-refractivity contribution in [3.8, 4) is 6.07 Å². The van der Waals surface area contributed by atoms with Crippen LogP contribution in [0, 0.1) is 17.1 Å². The first kappa shape index (κ1) is 31.5. The third-order valence-electron chi connectivity index (χ3n) is 8.40. The molecule has 0 aliphatic carbocycles. The number of fused-ring (bicyclic) bond motifs is 1. The summed E-state index contributed by atoms with van der Waals surface area (Å²) < 4.78 is 15.8. The lowest BCUT2D eigenvalue weighted by Crippen LogP contribution is -2.46. The number of hydrogen-bond donors (Lipinski definition) is 3. The summed E-state index contributed by atoms with van der Waals surface area (Å²) in [5, 5.41) is 26.8. The maximum atomic E-state index is 13.9. The smallest absolute Gasteiger partial charge is 0.141 e. The lowest BCUT2D eigenvalue weighted by molar-refractivity contribution is 0.0866. The topological polar surface area (TPSA) is 121 Å². The molecule has 9 nitrogen and oxygen atoms in total. The molecule has 1 unspecified atom stereocenters. The Hall–Kier alpha value is -4.43. The van der Waals surface area contributed by atoms with Gasteiger partial charge in [-0.05, 0) is 81.6 Å². The van der Waals surface area contributed by atoms with Gasteiger partial charge in [-0.15, -0.1) is 5.10 Å². The highest BCUT2D eigenvalue weighted by atomic mass is 35.5. The van der Waals surface area contributed by atoms with Crippen molar-refractivity contribution in [1.82, 2.24) is 24.9 Å². The number of anilines is 4. The summed E-state index contributed by atoms with van der Waals surface area (Å²) in [7, 11) is 0. The molecule has 1 atom stereocenters. The molecular weight excluding hydrogens is 624 g/mol. The number of nitrogens with two attached hydrogens (primary N) is 1. The van der Waals surface area contributed by atoms with E-state index in [0.717, 1.165) is 37.2 Å². The number of rotatable bonds is 7. The lowest BCUT2D eigenvalue weighted by atomic mass is 9.98. The van der Waals surface area contributed by atoms with Crippen molar-refractivity contribution >= 4 is 56.9 Å². The summed E-state index contributed by atoms with van der Waals surface area (Å²) in [6.07, 6.45) is 5.43. The Bertz CT molecular complexity index is 1940. The summed E-state index contributed by atoms with van der Waals surface area (Å²) in [5.74, 6) is -0.540. The monoisotopic (exact) mass is 657 g/mol. The predicted octanol–water partition coefficient (Wildman–Crippen LogP) is 8.11. The minimum atomic E-state index is -0.540. The van der Waals surface area contributed by atoms with E-state index >= 15 is 0 Å². The third kappa shape index (κ3) is 6.58. The van der Waals surface area contributed by atoms with E-state index < -0.39 is 11.9 Å². The molecule has 2 aromatic heterocycles. The molecule has 1 saturated heterocycles. The zero-order valence-electron chi connectivity index (χ0n) is 25.7. The first-order valence-corrected chi connectivity index (χ1v) is 15.8. The van der Waals surface area contributed by atoms with Gasteiger partial charge in [0.15, 0.2) is 0 Å². The van der Waals surface area contributed by atoms with E-state index in [2.05, 4.69) is 57.7 Å². The van der Waals surface area contributed by atoms with Gasteiger partial charge in [-0.1, -0.05) is 40.5 Å². The minimum Gasteiger partial charge on any atom is -0.399 e.